The van der Waals surface area contributed by atoms with E-state index in [-0.39, 0.29) is 5.41 Å². The molecule has 0 spiro atoms. The summed E-state index contributed by atoms with van der Waals surface area (Å²) in [5.41, 5.74) is 8.97. The van der Waals surface area contributed by atoms with Crippen molar-refractivity contribution in [2.45, 2.75) is 44.9 Å². The minimum absolute atomic E-state index is 0.196. The Morgan fingerprint density at radius 3 is 2.52 bits per heavy atom. The number of hydrogen-bond donors (Lipinski definition) is 1. The van der Waals surface area contributed by atoms with Crippen LogP contribution in [0.1, 0.15) is 48.3 Å². The smallest absolute Gasteiger partial charge is 0.166 e. The largest absolute Gasteiger partial charge is 0.458 e. The van der Waals surface area contributed by atoms with Gasteiger partial charge in [0.15, 0.2) is 12.1 Å². The van der Waals surface area contributed by atoms with Gasteiger partial charge in [0.2, 0.25) is 0 Å². The molecule has 1 unspecified atom stereocenters. The third kappa shape index (κ3) is 5.25. The fraction of sp³-hybridized carbons (Fsp3) is 0.229. The third-order valence-electron chi connectivity index (χ3n) is 8.61. The van der Waals surface area contributed by atoms with E-state index >= 15 is 0 Å². The monoisotopic (exact) mass is 635 g/mol. The highest BCUT2D eigenvalue weighted by molar-refractivity contribution is 8.17. The number of aryl methyl sites for hydroxylation is 2. The third-order valence-corrected chi connectivity index (χ3v) is 13.1. The normalized spacial score (nSPS) is 17.9. The minimum Gasteiger partial charge on any atom is -0.458 e. The van der Waals surface area contributed by atoms with Crippen LogP contribution in [0.2, 0.25) is 0 Å². The first kappa shape index (κ1) is 28.9. The van der Waals surface area contributed by atoms with Crippen LogP contribution in [0.5, 0.6) is 5.75 Å². The number of allylic oxidation sites excluding steroid dienone is 1. The number of hydrazone groups is 1. The first-order valence-corrected chi connectivity index (χ1v) is 18.5. The summed E-state index contributed by atoms with van der Waals surface area (Å²) in [4.78, 5) is 13.8. The molecule has 222 valence electrons. The lowest BCUT2D eigenvalue weighted by molar-refractivity contribution is 0.619. The summed E-state index contributed by atoms with van der Waals surface area (Å²) in [7, 11) is 2.12. The zero-order valence-corrected chi connectivity index (χ0v) is 27.6. The molecule has 0 bridgehead atoms. The van der Waals surface area contributed by atoms with Gasteiger partial charge in [0.05, 0.1) is 11.6 Å². The lowest BCUT2D eigenvalue weighted by Gasteiger charge is -2.28. The van der Waals surface area contributed by atoms with E-state index in [0.717, 1.165) is 51.2 Å². The van der Waals surface area contributed by atoms with Gasteiger partial charge >= 0.3 is 0 Å². The number of anilines is 2. The van der Waals surface area contributed by atoms with Gasteiger partial charge in [-0.2, -0.15) is 5.10 Å². The van der Waals surface area contributed by atoms with Crippen molar-refractivity contribution in [2.24, 2.45) is 5.10 Å². The number of nitrogens with one attached hydrogen (secondary N) is 1. The molecular weight excluding hydrogens is 602 g/mol. The van der Waals surface area contributed by atoms with Crippen molar-refractivity contribution in [3.05, 3.63) is 118 Å². The molecule has 3 heterocycles. The van der Waals surface area contributed by atoms with Crippen molar-refractivity contribution < 1.29 is 4.52 Å². The maximum Gasteiger partial charge on any atom is 0.166 e. The predicted octanol–water partition coefficient (Wildman–Crippen LogP) is 8.38. The molecule has 1 aliphatic heterocycles. The Bertz CT molecular complexity index is 1950. The van der Waals surface area contributed by atoms with E-state index in [2.05, 4.69) is 88.5 Å². The van der Waals surface area contributed by atoms with Crippen molar-refractivity contribution in [1.29, 1.82) is 0 Å². The molecule has 6 nitrogen and oxygen atoms in total. The second-order valence-electron chi connectivity index (χ2n) is 11.8. The highest BCUT2D eigenvalue weighted by Crippen LogP contribution is 2.55. The van der Waals surface area contributed by atoms with Crippen molar-refractivity contribution in [1.82, 2.24) is 9.97 Å². The Hall–Kier alpha value is -3.84. The molecule has 2 aliphatic rings. The predicted molar refractivity (Wildman–Crippen MR) is 189 cm³/mol. The van der Waals surface area contributed by atoms with Crippen molar-refractivity contribution in [3.63, 3.8) is 0 Å². The number of thiophene rings is 1. The van der Waals surface area contributed by atoms with E-state index < -0.39 is 6.26 Å². The van der Waals surface area contributed by atoms with Gasteiger partial charge in [0.1, 0.15) is 16.9 Å². The second-order valence-corrected chi connectivity index (χ2v) is 16.7. The molecule has 0 radical (unpaired) electrons. The Morgan fingerprint density at radius 1 is 0.977 bits per heavy atom. The molecule has 0 fully saturated rings. The van der Waals surface area contributed by atoms with E-state index in [1.165, 1.54) is 34.5 Å². The van der Waals surface area contributed by atoms with Gasteiger partial charge < -0.3 is 9.42 Å². The van der Waals surface area contributed by atoms with E-state index in [4.69, 9.17) is 16.3 Å². The summed E-state index contributed by atoms with van der Waals surface area (Å²) in [6, 6.07) is 26.7. The van der Waals surface area contributed by atoms with Gasteiger partial charge in [-0.05, 0) is 84.5 Å². The molecule has 1 aliphatic carbocycles. The van der Waals surface area contributed by atoms with Crippen LogP contribution in [-0.2, 0) is 30.1 Å². The Morgan fingerprint density at radius 2 is 1.73 bits per heavy atom. The molecule has 1 N–H and O–H groups in total. The highest BCUT2D eigenvalue weighted by atomic mass is 32.4. The standard InChI is InChI=1S/C35H34N5OPS2/c1-35(2)28-14-8-9-15-29(28)40(3)31(35)22-42(43,26-11-5-4-6-12-26)41-25-19-17-24(18-20-25)21-38-39-33-32-27-13-7-10-16-30(27)44-34(32)37-23-36-33/h4-6,8-9,11-12,14-15,17-23H,7,10,13,16H2,1-3H3,(H,36,37,39)/b31-22-,38-21?. The lowest BCUT2D eigenvalue weighted by atomic mass is 9.84. The molecular formula is C35H34N5OPS2. The SMILES string of the molecule is CN1/C(=C\P(=S)(Oc2ccc(C=NNc3ncnc4sc5c(c34)CCCC5)cc2)c2ccccc2)C(C)(C)c2ccccc21. The second kappa shape index (κ2) is 11.6. The van der Waals surface area contributed by atoms with Gasteiger partial charge in [-0.1, -0.05) is 62.4 Å². The zero-order valence-electron chi connectivity index (χ0n) is 25.0. The molecule has 9 heteroatoms. The molecule has 3 aromatic carbocycles. The average Bonchev–Trinajstić information content (AvgIpc) is 3.52. The molecule has 2 aromatic heterocycles. The molecule has 5 aromatic rings. The summed E-state index contributed by atoms with van der Waals surface area (Å²) >= 11 is 8.21. The summed E-state index contributed by atoms with van der Waals surface area (Å²) in [5, 5.41) is 6.66. The first-order chi connectivity index (χ1) is 21.3. The van der Waals surface area contributed by atoms with Gasteiger partial charge in [0, 0.05) is 39.8 Å². The average molecular weight is 636 g/mol. The van der Waals surface area contributed by atoms with Crippen LogP contribution in [0, 0.1) is 0 Å². The van der Waals surface area contributed by atoms with E-state index in [1.54, 1.807) is 23.9 Å². The van der Waals surface area contributed by atoms with Gasteiger partial charge in [-0.3, -0.25) is 5.43 Å². The fourth-order valence-corrected chi connectivity index (χ4v) is 10.6. The molecule has 0 saturated heterocycles. The number of fused-ring (bicyclic) bond motifs is 4. The van der Waals surface area contributed by atoms with Gasteiger partial charge in [-0.25, -0.2) is 9.97 Å². The van der Waals surface area contributed by atoms with Gasteiger partial charge in [-0.15, -0.1) is 11.3 Å². The topological polar surface area (TPSA) is 62.6 Å². The van der Waals surface area contributed by atoms with Crippen LogP contribution in [-0.4, -0.2) is 23.2 Å². The summed E-state index contributed by atoms with van der Waals surface area (Å²) in [6.07, 6.45) is 5.46. The number of aromatic nitrogens is 2. The number of benzene rings is 3. The van der Waals surface area contributed by atoms with Crippen molar-refractivity contribution in [3.8, 4) is 5.75 Å². The van der Waals surface area contributed by atoms with Crippen LogP contribution in [0.4, 0.5) is 11.5 Å². The van der Waals surface area contributed by atoms with E-state index in [1.807, 2.05) is 42.5 Å². The van der Waals surface area contributed by atoms with Crippen LogP contribution in [0.25, 0.3) is 10.2 Å². The molecule has 44 heavy (non-hydrogen) atoms. The molecule has 7 rings (SSSR count). The number of para-hydroxylation sites is 1. The van der Waals surface area contributed by atoms with Crippen molar-refractivity contribution in [2.75, 3.05) is 17.4 Å². The Kier molecular flexibility index (Phi) is 7.61. The summed E-state index contributed by atoms with van der Waals surface area (Å²) < 4.78 is 6.76. The van der Waals surface area contributed by atoms with E-state index in [0.29, 0.717) is 0 Å². The quantitative estimate of drug-likeness (QED) is 0.110. The first-order valence-electron chi connectivity index (χ1n) is 14.9. The highest BCUT2D eigenvalue weighted by Gasteiger charge is 2.40. The molecule has 0 saturated carbocycles. The fourth-order valence-electron chi connectivity index (χ4n) is 6.29. The van der Waals surface area contributed by atoms with E-state index in [9.17, 15) is 0 Å². The number of likely N-dealkylation sites (N-methyl/N-ethyl adjacent to an activating group) is 1. The van der Waals surface area contributed by atoms with Crippen LogP contribution in [0.15, 0.2) is 102 Å². The number of hydrogen-bond acceptors (Lipinski definition) is 8. The summed E-state index contributed by atoms with van der Waals surface area (Å²) in [6.45, 7) is 4.52. The maximum atomic E-state index is 6.76. The Balaban J connectivity index is 1.14. The number of nitrogens with zero attached hydrogens (tertiary/aromatic N) is 4. The van der Waals surface area contributed by atoms with Gasteiger partial charge in [0.25, 0.3) is 0 Å². The molecule has 1 atom stereocenters. The molecule has 0 amide bonds. The van der Waals surface area contributed by atoms with Crippen LogP contribution < -0.4 is 20.2 Å². The maximum absolute atomic E-state index is 6.76. The minimum atomic E-state index is -2.62. The van der Waals surface area contributed by atoms with Crippen molar-refractivity contribution >= 4 is 62.6 Å². The number of rotatable bonds is 7. The lowest BCUT2D eigenvalue weighted by Crippen LogP contribution is -2.24. The van der Waals surface area contributed by atoms with Crippen LogP contribution >= 0.6 is 17.6 Å². The Labute approximate surface area is 267 Å². The zero-order chi connectivity index (χ0) is 30.3. The van der Waals surface area contributed by atoms with Crippen LogP contribution in [0.3, 0.4) is 0 Å². The summed E-state index contributed by atoms with van der Waals surface area (Å²) in [5.74, 6) is 3.71.